The summed E-state index contributed by atoms with van der Waals surface area (Å²) in [7, 11) is 1.52. The minimum Gasteiger partial charge on any atom is -0.495 e. The first kappa shape index (κ1) is 10.8. The van der Waals surface area contributed by atoms with Gasteiger partial charge in [-0.1, -0.05) is 0 Å². The monoisotopic (exact) mass is 223 g/mol. The van der Waals surface area contributed by atoms with Gasteiger partial charge in [-0.3, -0.25) is 0 Å². The van der Waals surface area contributed by atoms with Crippen molar-refractivity contribution >= 4 is 11.7 Å². The van der Waals surface area contributed by atoms with Gasteiger partial charge in [-0.2, -0.15) is 0 Å². The third-order valence-corrected chi connectivity index (χ3v) is 2.35. The van der Waals surface area contributed by atoms with Crippen LogP contribution >= 0.6 is 0 Å². The molecule has 1 aromatic carbocycles. The number of methoxy groups -OCH3 is 1. The summed E-state index contributed by atoms with van der Waals surface area (Å²) in [6.07, 6.45) is -0.129. The maximum atomic E-state index is 11.6. The zero-order valence-electron chi connectivity index (χ0n) is 8.93. The third kappa shape index (κ3) is 2.09. The minimum absolute atomic E-state index is 0.129. The Morgan fingerprint density at radius 2 is 2.25 bits per heavy atom. The lowest BCUT2D eigenvalue weighted by molar-refractivity contribution is -0.103. The van der Waals surface area contributed by atoms with Crippen LogP contribution in [0.1, 0.15) is 10.4 Å². The van der Waals surface area contributed by atoms with Crippen LogP contribution in [0.3, 0.4) is 0 Å². The molecule has 0 saturated carbocycles. The van der Waals surface area contributed by atoms with Crippen LogP contribution in [0.5, 0.6) is 5.75 Å². The van der Waals surface area contributed by atoms with Gasteiger partial charge in [-0.05, 0) is 18.2 Å². The van der Waals surface area contributed by atoms with Crippen LogP contribution in [0, 0.1) is 0 Å². The number of esters is 1. The van der Waals surface area contributed by atoms with Crippen LogP contribution in [0.4, 0.5) is 5.69 Å². The quantitative estimate of drug-likeness (QED) is 0.607. The topological polar surface area (TPSA) is 70.8 Å². The molecule has 16 heavy (non-hydrogen) atoms. The molecule has 2 rings (SSSR count). The van der Waals surface area contributed by atoms with E-state index in [-0.39, 0.29) is 12.1 Å². The minimum atomic E-state index is -0.386. The van der Waals surface area contributed by atoms with E-state index in [9.17, 15) is 4.79 Å². The van der Waals surface area contributed by atoms with Crippen molar-refractivity contribution in [2.45, 2.75) is 6.10 Å². The number of hydrogen-bond acceptors (Lipinski definition) is 5. The van der Waals surface area contributed by atoms with Gasteiger partial charge in [0.2, 0.25) is 0 Å². The first-order chi connectivity index (χ1) is 7.70. The van der Waals surface area contributed by atoms with Gasteiger partial charge in [-0.15, -0.1) is 0 Å². The molecule has 86 valence electrons. The Hall–Kier alpha value is -1.75. The normalized spacial score (nSPS) is 15.3. The van der Waals surface area contributed by atoms with Gasteiger partial charge >= 0.3 is 5.97 Å². The lowest BCUT2D eigenvalue weighted by atomic mass is 10.2. The smallest absolute Gasteiger partial charge is 0.338 e. The van der Waals surface area contributed by atoms with E-state index in [1.165, 1.54) is 7.11 Å². The molecule has 0 radical (unpaired) electrons. The maximum Gasteiger partial charge on any atom is 0.338 e. The van der Waals surface area contributed by atoms with Gasteiger partial charge in [0.15, 0.2) is 0 Å². The average molecular weight is 223 g/mol. The maximum absolute atomic E-state index is 11.6. The molecule has 1 heterocycles. The van der Waals surface area contributed by atoms with Gasteiger partial charge in [-0.25, -0.2) is 4.79 Å². The van der Waals surface area contributed by atoms with Crippen LogP contribution in [0.2, 0.25) is 0 Å². The molecule has 1 fully saturated rings. The van der Waals surface area contributed by atoms with Gasteiger partial charge in [0.1, 0.15) is 11.9 Å². The van der Waals surface area contributed by atoms with E-state index >= 15 is 0 Å². The lowest BCUT2D eigenvalue weighted by Gasteiger charge is -2.25. The zero-order chi connectivity index (χ0) is 11.5. The Morgan fingerprint density at radius 3 is 2.75 bits per heavy atom. The van der Waals surface area contributed by atoms with Crippen molar-refractivity contribution in [3.05, 3.63) is 23.8 Å². The summed E-state index contributed by atoms with van der Waals surface area (Å²) in [5, 5.41) is 0. The summed E-state index contributed by atoms with van der Waals surface area (Å²) >= 11 is 0. The molecule has 1 aromatic rings. The Balaban J connectivity index is 2.07. The highest BCUT2D eigenvalue weighted by Gasteiger charge is 2.23. The molecule has 0 spiro atoms. The number of nitrogen functional groups attached to an aromatic ring is 1. The Morgan fingerprint density at radius 1 is 1.50 bits per heavy atom. The predicted molar refractivity (Wildman–Crippen MR) is 57.4 cm³/mol. The molecule has 0 unspecified atom stereocenters. The summed E-state index contributed by atoms with van der Waals surface area (Å²) in [5.74, 6) is 0.159. The van der Waals surface area contributed by atoms with Crippen LogP contribution in [0.25, 0.3) is 0 Å². The number of rotatable bonds is 3. The van der Waals surface area contributed by atoms with Crippen LogP contribution in [0.15, 0.2) is 18.2 Å². The molecule has 5 nitrogen and oxygen atoms in total. The molecular weight excluding hydrogens is 210 g/mol. The fourth-order valence-corrected chi connectivity index (χ4v) is 1.36. The summed E-state index contributed by atoms with van der Waals surface area (Å²) in [6.45, 7) is 0.939. The highest BCUT2D eigenvalue weighted by atomic mass is 16.6. The van der Waals surface area contributed by atoms with Crippen molar-refractivity contribution in [2.75, 3.05) is 26.1 Å². The van der Waals surface area contributed by atoms with Gasteiger partial charge in [0, 0.05) is 0 Å². The SMILES string of the molecule is COc1ccc(C(=O)OC2COC2)cc1N. The fourth-order valence-electron chi connectivity index (χ4n) is 1.36. The van der Waals surface area contributed by atoms with Gasteiger partial charge in [0.05, 0.1) is 31.6 Å². The molecule has 0 amide bonds. The molecule has 0 aromatic heterocycles. The van der Waals surface area contributed by atoms with Gasteiger partial charge < -0.3 is 19.9 Å². The number of hydrogen-bond donors (Lipinski definition) is 1. The number of ether oxygens (including phenoxy) is 3. The van der Waals surface area contributed by atoms with E-state index in [2.05, 4.69) is 0 Å². The molecule has 1 saturated heterocycles. The van der Waals surface area contributed by atoms with Crippen LogP contribution in [-0.4, -0.2) is 32.4 Å². The second kappa shape index (κ2) is 4.40. The van der Waals surface area contributed by atoms with E-state index in [0.717, 1.165) is 0 Å². The molecule has 0 aliphatic carbocycles. The fraction of sp³-hybridized carbons (Fsp3) is 0.364. The molecule has 0 atom stereocenters. The molecule has 1 aliphatic rings. The number of benzene rings is 1. The second-order valence-electron chi connectivity index (χ2n) is 3.52. The van der Waals surface area contributed by atoms with Crippen LogP contribution in [-0.2, 0) is 9.47 Å². The number of carbonyl (C=O) groups is 1. The van der Waals surface area contributed by atoms with E-state index in [4.69, 9.17) is 19.9 Å². The lowest BCUT2D eigenvalue weighted by Crippen LogP contribution is -2.37. The zero-order valence-corrected chi connectivity index (χ0v) is 8.93. The van der Waals surface area contributed by atoms with E-state index in [1.54, 1.807) is 18.2 Å². The first-order valence-electron chi connectivity index (χ1n) is 4.93. The van der Waals surface area contributed by atoms with Crippen molar-refractivity contribution < 1.29 is 19.0 Å². The van der Waals surface area contributed by atoms with Crippen molar-refractivity contribution in [2.24, 2.45) is 0 Å². The average Bonchev–Trinajstić information content (AvgIpc) is 2.23. The molecule has 5 heteroatoms. The Bertz CT molecular complexity index is 401. The van der Waals surface area contributed by atoms with Crippen molar-refractivity contribution in [3.8, 4) is 5.75 Å². The highest BCUT2D eigenvalue weighted by Crippen LogP contribution is 2.22. The summed E-state index contributed by atoms with van der Waals surface area (Å²) in [6, 6.07) is 4.81. The third-order valence-electron chi connectivity index (χ3n) is 2.35. The number of nitrogens with two attached hydrogens (primary N) is 1. The standard InChI is InChI=1S/C11H13NO4/c1-14-10-3-2-7(4-9(10)12)11(13)16-8-5-15-6-8/h2-4,8H,5-6,12H2,1H3. The number of carbonyl (C=O) groups excluding carboxylic acids is 1. The second-order valence-corrected chi connectivity index (χ2v) is 3.52. The molecule has 1 aliphatic heterocycles. The van der Waals surface area contributed by atoms with E-state index in [0.29, 0.717) is 30.2 Å². The Labute approximate surface area is 93.1 Å². The predicted octanol–water partition coefficient (Wildman–Crippen LogP) is 0.833. The van der Waals surface area contributed by atoms with Gasteiger partial charge in [0.25, 0.3) is 0 Å². The van der Waals surface area contributed by atoms with Crippen molar-refractivity contribution in [3.63, 3.8) is 0 Å². The summed E-state index contributed by atoms with van der Waals surface area (Å²) < 4.78 is 15.0. The van der Waals surface area contributed by atoms with E-state index < -0.39 is 0 Å². The summed E-state index contributed by atoms with van der Waals surface area (Å²) in [5.41, 5.74) is 6.53. The largest absolute Gasteiger partial charge is 0.495 e. The molecular formula is C11H13NO4. The van der Waals surface area contributed by atoms with Crippen molar-refractivity contribution in [1.82, 2.24) is 0 Å². The van der Waals surface area contributed by atoms with Crippen LogP contribution < -0.4 is 10.5 Å². The summed E-state index contributed by atoms with van der Waals surface area (Å²) in [4.78, 5) is 11.6. The molecule has 2 N–H and O–H groups in total. The molecule has 0 bridgehead atoms. The highest BCUT2D eigenvalue weighted by molar-refractivity contribution is 5.91. The number of anilines is 1. The Kier molecular flexibility index (Phi) is 2.96. The van der Waals surface area contributed by atoms with E-state index in [1.807, 2.05) is 0 Å². The van der Waals surface area contributed by atoms with Crippen molar-refractivity contribution in [1.29, 1.82) is 0 Å². The first-order valence-corrected chi connectivity index (χ1v) is 4.93.